The van der Waals surface area contributed by atoms with Crippen molar-refractivity contribution in [2.45, 2.75) is 122 Å². The van der Waals surface area contributed by atoms with Gasteiger partial charge in [-0.3, -0.25) is 9.59 Å². The number of quaternary nitrogens is 1. The lowest BCUT2D eigenvalue weighted by Crippen LogP contribution is -2.51. The number of carboxylic acids is 3. The van der Waals surface area contributed by atoms with Gasteiger partial charge in [0.25, 0.3) is 0 Å². The molecule has 2 N–H and O–H groups in total. The number of hydrogen-bond donors (Lipinski definition) is 2. The van der Waals surface area contributed by atoms with Crippen LogP contribution in [0, 0.1) is 0 Å². The maximum atomic E-state index is 10.9. The van der Waals surface area contributed by atoms with Crippen molar-refractivity contribution < 1.29 is 34.2 Å². The zero-order valence-corrected chi connectivity index (χ0v) is 22.2. The fraction of sp³-hybridized carbons (Fsp3) is 0.821. The number of carboxylic acid groups (broad SMARTS) is 3. The summed E-state index contributed by atoms with van der Waals surface area (Å²) in [5, 5.41) is 28.8. The Balaban J connectivity index is 4.74. The molecule has 0 aliphatic carbocycles. The smallest absolute Gasteiger partial charge is 0.303 e. The normalized spacial score (nSPS) is 11.8. The molecule has 0 aromatic rings. The summed E-state index contributed by atoms with van der Waals surface area (Å²) in [5.74, 6) is -2.58. The van der Waals surface area contributed by atoms with Gasteiger partial charge in [0.2, 0.25) is 0 Å². The molecule has 0 aromatic carbocycles. The maximum absolute atomic E-state index is 10.9. The predicted octanol–water partition coefficient (Wildman–Crippen LogP) is 5.32. The fourth-order valence-corrected chi connectivity index (χ4v) is 4.65. The Morgan fingerprint density at radius 2 is 1.00 bits per heavy atom. The molecular weight excluding hydrogens is 446 g/mol. The molecule has 7 nitrogen and oxygen atoms in total. The van der Waals surface area contributed by atoms with Gasteiger partial charge in [-0.2, -0.15) is 0 Å². The van der Waals surface area contributed by atoms with Crippen molar-refractivity contribution in [2.24, 2.45) is 0 Å². The van der Waals surface area contributed by atoms with Gasteiger partial charge in [0.1, 0.15) is 0 Å². The van der Waals surface area contributed by atoms with Gasteiger partial charge in [-0.25, -0.2) is 0 Å². The molecule has 0 bridgehead atoms. The van der Waals surface area contributed by atoms with Crippen LogP contribution in [0.1, 0.15) is 122 Å². The molecule has 35 heavy (non-hydrogen) atoms. The number of unbranched alkanes of at least 4 members (excludes halogenated alkanes) is 10. The molecule has 0 aliphatic rings. The first-order valence-electron chi connectivity index (χ1n) is 13.9. The quantitative estimate of drug-likeness (QED) is 0.0949. The van der Waals surface area contributed by atoms with Crippen molar-refractivity contribution in [3.8, 4) is 0 Å². The summed E-state index contributed by atoms with van der Waals surface area (Å²) in [7, 11) is 0. The molecular formula is C28H51NO6. The van der Waals surface area contributed by atoms with Crippen molar-refractivity contribution in [1.82, 2.24) is 0 Å². The van der Waals surface area contributed by atoms with Gasteiger partial charge in [0.05, 0.1) is 26.2 Å². The van der Waals surface area contributed by atoms with Crippen LogP contribution in [0.2, 0.25) is 0 Å². The van der Waals surface area contributed by atoms with E-state index in [2.05, 4.69) is 19.1 Å². The van der Waals surface area contributed by atoms with Crippen LogP contribution in [-0.2, 0) is 14.4 Å². The van der Waals surface area contributed by atoms with Crippen LogP contribution in [-0.4, -0.2) is 58.8 Å². The van der Waals surface area contributed by atoms with Crippen LogP contribution in [0.5, 0.6) is 0 Å². The van der Waals surface area contributed by atoms with Crippen molar-refractivity contribution in [2.75, 3.05) is 26.2 Å². The zero-order chi connectivity index (χ0) is 26.2. The molecule has 0 saturated heterocycles. The van der Waals surface area contributed by atoms with E-state index < -0.39 is 17.9 Å². The molecule has 0 radical (unpaired) electrons. The van der Waals surface area contributed by atoms with E-state index in [4.69, 9.17) is 10.2 Å². The van der Waals surface area contributed by atoms with Gasteiger partial charge < -0.3 is 24.6 Å². The number of carbonyl (C=O) groups is 3. The molecule has 7 heteroatoms. The Bertz CT molecular complexity index is 535. The van der Waals surface area contributed by atoms with Crippen molar-refractivity contribution >= 4 is 17.9 Å². The third-order valence-corrected chi connectivity index (χ3v) is 6.70. The second kappa shape index (κ2) is 22.6. The Labute approximate surface area is 213 Å². The van der Waals surface area contributed by atoms with Crippen LogP contribution in [0.4, 0.5) is 0 Å². The standard InChI is InChI=1S/C28H51NO6/c1-2-3-4-5-6-7-8-9-10-11-15-22-29(23-16-12-19-26(30)31,24-17-13-20-27(32)33)25-18-14-21-28(34)35/h6-7H,2-5,8-25H2,1H3,(H2-,30,31,32,33,34,35)/b7-6+. The van der Waals surface area contributed by atoms with Crippen molar-refractivity contribution in [1.29, 1.82) is 0 Å². The predicted molar refractivity (Wildman–Crippen MR) is 138 cm³/mol. The average Bonchev–Trinajstić information content (AvgIpc) is 2.80. The molecule has 0 amide bonds. The number of nitrogens with zero attached hydrogens (tertiary/aromatic N) is 1. The van der Waals surface area contributed by atoms with E-state index in [0.717, 1.165) is 69.2 Å². The summed E-state index contributed by atoms with van der Waals surface area (Å²) in [5.41, 5.74) is 0. The van der Waals surface area contributed by atoms with Gasteiger partial charge >= 0.3 is 11.9 Å². The third-order valence-electron chi connectivity index (χ3n) is 6.70. The van der Waals surface area contributed by atoms with Crippen LogP contribution in [0.3, 0.4) is 0 Å². The van der Waals surface area contributed by atoms with Crippen LogP contribution in [0.15, 0.2) is 12.2 Å². The number of aliphatic carboxylic acids is 3. The maximum Gasteiger partial charge on any atom is 0.303 e. The summed E-state index contributed by atoms with van der Waals surface area (Å²) >= 11 is 0. The highest BCUT2D eigenvalue weighted by atomic mass is 16.4. The largest absolute Gasteiger partial charge is 0.550 e. The lowest BCUT2D eigenvalue weighted by Gasteiger charge is -2.39. The summed E-state index contributed by atoms with van der Waals surface area (Å²) in [6, 6.07) is 0. The zero-order valence-electron chi connectivity index (χ0n) is 22.2. The molecule has 0 aromatic heterocycles. The van der Waals surface area contributed by atoms with E-state index in [-0.39, 0.29) is 19.3 Å². The van der Waals surface area contributed by atoms with E-state index in [9.17, 15) is 19.5 Å². The summed E-state index contributed by atoms with van der Waals surface area (Å²) in [6.07, 6.45) is 20.0. The first kappa shape index (κ1) is 33.1. The van der Waals surface area contributed by atoms with Gasteiger partial charge in [-0.1, -0.05) is 38.3 Å². The highest BCUT2D eigenvalue weighted by Gasteiger charge is 2.26. The van der Waals surface area contributed by atoms with Crippen molar-refractivity contribution in [3.63, 3.8) is 0 Å². The molecule has 0 unspecified atom stereocenters. The van der Waals surface area contributed by atoms with Gasteiger partial charge in [0.15, 0.2) is 0 Å². The minimum Gasteiger partial charge on any atom is -0.550 e. The van der Waals surface area contributed by atoms with Gasteiger partial charge in [-0.15, -0.1) is 0 Å². The van der Waals surface area contributed by atoms with E-state index in [0.29, 0.717) is 19.3 Å². The minimum absolute atomic E-state index is 0.0595. The molecule has 0 atom stereocenters. The highest BCUT2D eigenvalue weighted by Crippen LogP contribution is 2.19. The molecule has 204 valence electrons. The van der Waals surface area contributed by atoms with E-state index in [1.807, 2.05) is 0 Å². The second-order valence-electron chi connectivity index (χ2n) is 9.94. The van der Waals surface area contributed by atoms with Crippen LogP contribution >= 0.6 is 0 Å². The second-order valence-corrected chi connectivity index (χ2v) is 9.94. The van der Waals surface area contributed by atoms with Crippen LogP contribution < -0.4 is 5.11 Å². The minimum atomic E-state index is -1.02. The van der Waals surface area contributed by atoms with Gasteiger partial charge in [0, 0.05) is 18.8 Å². The lowest BCUT2D eigenvalue weighted by molar-refractivity contribution is -0.929. The summed E-state index contributed by atoms with van der Waals surface area (Å²) < 4.78 is 0.837. The lowest BCUT2D eigenvalue weighted by atomic mass is 10.1. The highest BCUT2D eigenvalue weighted by molar-refractivity contribution is 5.66. The van der Waals surface area contributed by atoms with E-state index >= 15 is 0 Å². The Morgan fingerprint density at radius 1 is 0.600 bits per heavy atom. The molecule has 0 saturated carbocycles. The SMILES string of the molecule is CCCCC/C=C/CCCCCC[N+](CCCCC(=O)[O-])(CCCCC(=O)O)CCCCC(=O)O. The molecule has 0 aliphatic heterocycles. The Morgan fingerprint density at radius 3 is 1.43 bits per heavy atom. The first-order valence-corrected chi connectivity index (χ1v) is 13.9. The van der Waals surface area contributed by atoms with E-state index in [1.54, 1.807) is 0 Å². The molecule has 0 rings (SSSR count). The Hall–Kier alpha value is -1.89. The topological polar surface area (TPSA) is 115 Å². The first-order chi connectivity index (χ1) is 16.8. The third kappa shape index (κ3) is 22.3. The molecule has 0 fully saturated rings. The summed E-state index contributed by atoms with van der Waals surface area (Å²) in [6.45, 7) is 5.79. The number of carbonyl (C=O) groups excluding carboxylic acids is 1. The number of allylic oxidation sites excluding steroid dienone is 2. The molecule has 0 heterocycles. The summed E-state index contributed by atoms with van der Waals surface area (Å²) in [4.78, 5) is 32.7. The number of hydrogen-bond acceptors (Lipinski definition) is 4. The Kier molecular flexibility index (Phi) is 21.3. The monoisotopic (exact) mass is 497 g/mol. The number of rotatable bonds is 26. The van der Waals surface area contributed by atoms with Crippen LogP contribution in [0.25, 0.3) is 0 Å². The van der Waals surface area contributed by atoms with E-state index in [1.165, 1.54) is 38.5 Å². The average molecular weight is 498 g/mol. The molecule has 0 spiro atoms. The van der Waals surface area contributed by atoms with Crippen molar-refractivity contribution in [3.05, 3.63) is 12.2 Å². The fourth-order valence-electron chi connectivity index (χ4n) is 4.65. The van der Waals surface area contributed by atoms with Gasteiger partial charge in [-0.05, 0) is 83.5 Å².